The highest BCUT2D eigenvalue weighted by atomic mass is 32.2. The molecule has 1 saturated heterocycles. The summed E-state index contributed by atoms with van der Waals surface area (Å²) in [5, 5.41) is 18.9. The van der Waals surface area contributed by atoms with Crippen LogP contribution in [0.2, 0.25) is 0 Å². The second-order valence-corrected chi connectivity index (χ2v) is 8.63. The van der Waals surface area contributed by atoms with E-state index in [0.29, 0.717) is 0 Å². The van der Waals surface area contributed by atoms with Gasteiger partial charge in [-0.3, -0.25) is 14.5 Å². The van der Waals surface area contributed by atoms with Crippen molar-refractivity contribution in [3.05, 3.63) is 11.5 Å². The van der Waals surface area contributed by atoms with Crippen LogP contribution >= 0.6 is 23.5 Å². The molecule has 2 heterocycles. The molecule has 2 aliphatic heterocycles. The summed E-state index contributed by atoms with van der Waals surface area (Å²) in [6.07, 6.45) is 2.33. The van der Waals surface area contributed by atoms with Crippen molar-refractivity contribution in [1.29, 1.82) is 5.26 Å². The van der Waals surface area contributed by atoms with Crippen molar-refractivity contribution < 1.29 is 32.1 Å². The third kappa shape index (κ3) is 3.86. The molecule has 0 saturated carbocycles. The Balaban J connectivity index is 2.23. The van der Waals surface area contributed by atoms with Crippen LogP contribution in [0.15, 0.2) is 11.5 Å². The van der Waals surface area contributed by atoms with Crippen LogP contribution < -0.4 is 5.32 Å². The van der Waals surface area contributed by atoms with Gasteiger partial charge in [-0.15, -0.1) is 23.5 Å². The number of aliphatic carboxylic acids is 1. The fourth-order valence-corrected chi connectivity index (χ4v) is 4.50. The van der Waals surface area contributed by atoms with E-state index in [4.69, 9.17) is 5.26 Å². The summed E-state index contributed by atoms with van der Waals surface area (Å²) in [5.74, 6) is -3.32. The monoisotopic (exact) mass is 407 g/mol. The highest BCUT2D eigenvalue weighted by Gasteiger charge is 2.55. The number of nitrogens with zero attached hydrogens (tertiary/aromatic N) is 2. The van der Waals surface area contributed by atoms with Gasteiger partial charge in [0.2, 0.25) is 5.91 Å². The summed E-state index contributed by atoms with van der Waals surface area (Å²) in [7, 11) is -3.96. The number of amides is 2. The summed E-state index contributed by atoms with van der Waals surface area (Å²) in [5.41, 5.74) is -0.564. The number of rotatable bonds is 6. The van der Waals surface area contributed by atoms with Gasteiger partial charge in [0, 0.05) is 0 Å². The van der Waals surface area contributed by atoms with Crippen LogP contribution in [0.1, 0.15) is 0 Å². The largest absolute Gasteiger partial charge is 0.476 e. The SMILES string of the molecule is CSC(C#N)C(=O)NC1C(=O)N2C(C(=O)O)=C(OS(C)(=O)=O)CS[C@@H]12. The number of carboxylic acids is 1. The maximum Gasteiger partial charge on any atom is 0.356 e. The van der Waals surface area contributed by atoms with Crippen LogP contribution in [-0.2, 0) is 28.7 Å². The third-order valence-electron chi connectivity index (χ3n) is 3.28. The van der Waals surface area contributed by atoms with Crippen molar-refractivity contribution >= 4 is 51.4 Å². The Morgan fingerprint density at radius 1 is 1.56 bits per heavy atom. The number of hydrogen-bond acceptors (Lipinski definition) is 9. The lowest BCUT2D eigenvalue weighted by Gasteiger charge is -2.48. The topological polar surface area (TPSA) is 154 Å². The number of thioether (sulfide) groups is 2. The minimum atomic E-state index is -3.96. The van der Waals surface area contributed by atoms with Gasteiger partial charge in [-0.1, -0.05) is 0 Å². The number of nitrogens with one attached hydrogen (secondary N) is 1. The number of β-lactam (4-membered cyclic amide) rings is 1. The van der Waals surface area contributed by atoms with Gasteiger partial charge in [-0.25, -0.2) is 4.79 Å². The molecule has 2 amide bonds. The number of carbonyl (C=O) groups excluding carboxylic acids is 2. The molecular weight excluding hydrogens is 394 g/mol. The van der Waals surface area contributed by atoms with E-state index in [2.05, 4.69) is 9.50 Å². The van der Waals surface area contributed by atoms with Gasteiger partial charge in [-0.05, 0) is 6.26 Å². The Labute approximate surface area is 151 Å². The smallest absolute Gasteiger partial charge is 0.356 e. The van der Waals surface area contributed by atoms with Crippen molar-refractivity contribution in [2.24, 2.45) is 0 Å². The van der Waals surface area contributed by atoms with Crippen molar-refractivity contribution in [2.75, 3.05) is 18.3 Å². The van der Waals surface area contributed by atoms with Crippen LogP contribution in [-0.4, -0.2) is 71.1 Å². The Kier molecular flexibility index (Phi) is 5.55. The van der Waals surface area contributed by atoms with Crippen molar-refractivity contribution in [2.45, 2.75) is 16.7 Å². The molecule has 0 spiro atoms. The standard InChI is InChI=1S/C12H13N3O7S3/c1-23-6(3-13)9(16)14-7-10(17)15-8(12(18)19)5(4-24-11(7)15)22-25(2,20)21/h6-7,11H,4H2,1-2H3,(H,14,16)(H,18,19)/t6?,7?,11-/m0/s1. The van der Waals surface area contributed by atoms with E-state index in [1.54, 1.807) is 12.3 Å². The first kappa shape index (κ1) is 19.4. The minimum Gasteiger partial charge on any atom is -0.476 e. The van der Waals surface area contributed by atoms with Gasteiger partial charge in [0.15, 0.2) is 16.7 Å². The van der Waals surface area contributed by atoms with E-state index in [0.717, 1.165) is 34.7 Å². The van der Waals surface area contributed by atoms with Crippen LogP contribution in [0.25, 0.3) is 0 Å². The first-order chi connectivity index (χ1) is 11.6. The second-order valence-electron chi connectivity index (χ2n) is 5.01. The molecule has 0 radical (unpaired) electrons. The Hall–Kier alpha value is -1.91. The van der Waals surface area contributed by atoms with Gasteiger partial charge < -0.3 is 14.6 Å². The van der Waals surface area contributed by atoms with Gasteiger partial charge in [-0.2, -0.15) is 13.7 Å². The van der Waals surface area contributed by atoms with E-state index in [9.17, 15) is 27.9 Å². The summed E-state index contributed by atoms with van der Waals surface area (Å²) < 4.78 is 27.2. The molecule has 0 aliphatic carbocycles. The zero-order valence-corrected chi connectivity index (χ0v) is 15.4. The van der Waals surface area contributed by atoms with Gasteiger partial charge in [0.05, 0.1) is 18.1 Å². The second kappa shape index (κ2) is 7.14. The van der Waals surface area contributed by atoms with Crippen LogP contribution in [0.4, 0.5) is 0 Å². The quantitative estimate of drug-likeness (QED) is 0.410. The highest BCUT2D eigenvalue weighted by Crippen LogP contribution is 2.41. The molecule has 10 nitrogen and oxygen atoms in total. The van der Waals surface area contributed by atoms with Gasteiger partial charge in [0.1, 0.15) is 11.4 Å². The molecule has 2 rings (SSSR count). The van der Waals surface area contributed by atoms with E-state index in [1.165, 1.54) is 0 Å². The molecule has 2 N–H and O–H groups in total. The molecule has 13 heteroatoms. The van der Waals surface area contributed by atoms with Crippen molar-refractivity contribution in [1.82, 2.24) is 10.2 Å². The zero-order chi connectivity index (χ0) is 18.9. The van der Waals surface area contributed by atoms with E-state index < -0.39 is 50.3 Å². The lowest BCUT2D eigenvalue weighted by Crippen LogP contribution is -2.71. The average Bonchev–Trinajstić information content (AvgIpc) is 2.51. The fraction of sp³-hybridized carbons (Fsp3) is 0.500. The summed E-state index contributed by atoms with van der Waals surface area (Å²) in [6.45, 7) is 0. The molecular formula is C12H13N3O7S3. The summed E-state index contributed by atoms with van der Waals surface area (Å²) >= 11 is 2.06. The number of nitriles is 1. The normalized spacial score (nSPS) is 23.9. The lowest BCUT2D eigenvalue weighted by molar-refractivity contribution is -0.150. The maximum atomic E-state index is 12.3. The number of hydrogen-bond donors (Lipinski definition) is 2. The Morgan fingerprint density at radius 2 is 2.20 bits per heavy atom. The van der Waals surface area contributed by atoms with Gasteiger partial charge >= 0.3 is 16.1 Å². The maximum absolute atomic E-state index is 12.3. The third-order valence-corrected chi connectivity index (χ3v) is 5.82. The van der Waals surface area contributed by atoms with Crippen molar-refractivity contribution in [3.63, 3.8) is 0 Å². The van der Waals surface area contributed by atoms with Crippen LogP contribution in [0.5, 0.6) is 0 Å². The predicted octanol–water partition coefficient (Wildman–Crippen LogP) is -1.09. The predicted molar refractivity (Wildman–Crippen MR) is 88.5 cm³/mol. The Morgan fingerprint density at radius 3 is 2.68 bits per heavy atom. The fourth-order valence-electron chi connectivity index (χ4n) is 2.29. The zero-order valence-electron chi connectivity index (χ0n) is 13.0. The number of carboxylic acid groups (broad SMARTS) is 1. The van der Waals surface area contributed by atoms with Gasteiger partial charge in [0.25, 0.3) is 5.91 Å². The molecule has 3 atom stereocenters. The number of fused-ring (bicyclic) bond motifs is 1. The molecule has 0 aromatic rings. The average molecular weight is 407 g/mol. The number of carbonyl (C=O) groups is 3. The molecule has 25 heavy (non-hydrogen) atoms. The first-order valence-corrected chi connectivity index (χ1v) is 10.8. The van der Waals surface area contributed by atoms with E-state index >= 15 is 0 Å². The Bertz CT molecular complexity index is 801. The molecule has 2 unspecified atom stereocenters. The van der Waals surface area contributed by atoms with Crippen LogP contribution in [0.3, 0.4) is 0 Å². The molecule has 136 valence electrons. The van der Waals surface area contributed by atoms with E-state index in [-0.39, 0.29) is 11.5 Å². The van der Waals surface area contributed by atoms with Crippen molar-refractivity contribution in [3.8, 4) is 6.07 Å². The molecule has 1 fully saturated rings. The molecule has 2 aliphatic rings. The molecule has 0 aromatic carbocycles. The highest BCUT2D eigenvalue weighted by molar-refractivity contribution is 8.00. The van der Waals surface area contributed by atoms with E-state index in [1.807, 2.05) is 0 Å². The minimum absolute atomic E-state index is 0.0975. The lowest BCUT2D eigenvalue weighted by atomic mass is 10.0. The molecule has 0 aromatic heterocycles. The summed E-state index contributed by atoms with van der Waals surface area (Å²) in [4.78, 5) is 36.5. The first-order valence-electron chi connectivity index (χ1n) is 6.64. The molecule has 0 bridgehead atoms. The van der Waals surface area contributed by atoms with Crippen LogP contribution in [0, 0.1) is 11.3 Å². The summed E-state index contributed by atoms with van der Waals surface area (Å²) in [6, 6.07) is 0.790.